The zero-order chi connectivity index (χ0) is 20.1. The second kappa shape index (κ2) is 8.70. The Hall–Kier alpha value is -3.45. The quantitative estimate of drug-likeness (QED) is 0.491. The van der Waals surface area contributed by atoms with Crippen LogP contribution in [0.1, 0.15) is 26.4 Å². The molecular formula is C22H20N4O2S. The maximum Gasteiger partial charge on any atom is 0.268 e. The molecule has 29 heavy (non-hydrogen) atoms. The van der Waals surface area contributed by atoms with Crippen LogP contribution in [0.25, 0.3) is 0 Å². The summed E-state index contributed by atoms with van der Waals surface area (Å²) in [5.41, 5.74) is 3.21. The first-order chi connectivity index (χ1) is 14.2. The Morgan fingerprint density at radius 1 is 1.10 bits per heavy atom. The molecule has 0 aliphatic carbocycles. The van der Waals surface area contributed by atoms with Crippen molar-refractivity contribution < 1.29 is 9.53 Å². The van der Waals surface area contributed by atoms with Gasteiger partial charge in [0.25, 0.3) is 5.91 Å². The molecular weight excluding hydrogens is 384 g/mol. The molecule has 1 amide bonds. The minimum absolute atomic E-state index is 0.228. The van der Waals surface area contributed by atoms with Crippen molar-refractivity contribution in [2.75, 3.05) is 5.32 Å². The van der Waals surface area contributed by atoms with E-state index < -0.39 is 0 Å². The molecule has 146 valence electrons. The molecule has 4 rings (SSSR count). The topological polar surface area (TPSA) is 69.0 Å². The van der Waals surface area contributed by atoms with E-state index in [4.69, 9.17) is 4.74 Å². The Kier molecular flexibility index (Phi) is 5.67. The number of carbonyl (C=O) groups excluding carboxylic acids is 1. The molecule has 7 heteroatoms. The molecule has 0 spiro atoms. The van der Waals surface area contributed by atoms with Crippen LogP contribution in [0.15, 0.2) is 72.4 Å². The van der Waals surface area contributed by atoms with E-state index in [0.717, 1.165) is 22.4 Å². The second-order valence-corrected chi connectivity index (χ2v) is 7.54. The molecule has 6 nitrogen and oxygen atoms in total. The highest BCUT2D eigenvalue weighted by Crippen LogP contribution is 2.19. The molecule has 0 atom stereocenters. The average Bonchev–Trinajstić information content (AvgIpc) is 3.37. The van der Waals surface area contributed by atoms with Gasteiger partial charge in [-0.25, -0.2) is 9.67 Å². The second-order valence-electron chi connectivity index (χ2n) is 6.63. The van der Waals surface area contributed by atoms with Crippen LogP contribution in [0.4, 0.5) is 5.95 Å². The predicted molar refractivity (Wildman–Crippen MR) is 113 cm³/mol. The van der Waals surface area contributed by atoms with E-state index in [1.165, 1.54) is 11.3 Å². The fourth-order valence-electron chi connectivity index (χ4n) is 2.80. The van der Waals surface area contributed by atoms with Gasteiger partial charge >= 0.3 is 0 Å². The number of thiophene rings is 1. The summed E-state index contributed by atoms with van der Waals surface area (Å²) in [4.78, 5) is 17.2. The molecule has 1 N–H and O–H groups in total. The molecule has 0 fully saturated rings. The number of rotatable bonds is 7. The van der Waals surface area contributed by atoms with Crippen LogP contribution in [0.2, 0.25) is 0 Å². The molecule has 0 aliphatic rings. The van der Waals surface area contributed by atoms with Crippen molar-refractivity contribution in [3.63, 3.8) is 0 Å². The van der Waals surface area contributed by atoms with Gasteiger partial charge in [0.05, 0.1) is 11.4 Å². The normalized spacial score (nSPS) is 10.7. The molecule has 4 aromatic rings. The number of ether oxygens (including phenoxy) is 1. The highest BCUT2D eigenvalue weighted by Gasteiger charge is 2.12. The molecule has 0 saturated heterocycles. The maximum atomic E-state index is 12.5. The minimum Gasteiger partial charge on any atom is -0.489 e. The van der Waals surface area contributed by atoms with Crippen LogP contribution in [0.5, 0.6) is 5.75 Å². The Bertz CT molecular complexity index is 1100. The summed E-state index contributed by atoms with van der Waals surface area (Å²) in [7, 11) is 0. The smallest absolute Gasteiger partial charge is 0.268 e. The number of hydrogen-bond acceptors (Lipinski definition) is 5. The van der Waals surface area contributed by atoms with Crippen LogP contribution in [-0.2, 0) is 13.2 Å². The van der Waals surface area contributed by atoms with Crippen LogP contribution in [-0.4, -0.2) is 20.7 Å². The highest BCUT2D eigenvalue weighted by molar-refractivity contribution is 7.12. The molecule has 0 saturated carbocycles. The number of anilines is 1. The molecule has 0 bridgehead atoms. The first-order valence-corrected chi connectivity index (χ1v) is 10.1. The lowest BCUT2D eigenvalue weighted by molar-refractivity contribution is 0.102. The Labute approximate surface area is 172 Å². The largest absolute Gasteiger partial charge is 0.489 e. The van der Waals surface area contributed by atoms with Crippen molar-refractivity contribution >= 4 is 23.2 Å². The Morgan fingerprint density at radius 2 is 1.97 bits per heavy atom. The van der Waals surface area contributed by atoms with Crippen LogP contribution < -0.4 is 10.1 Å². The van der Waals surface area contributed by atoms with E-state index in [1.54, 1.807) is 11.0 Å². The zero-order valence-corrected chi connectivity index (χ0v) is 16.7. The van der Waals surface area contributed by atoms with Crippen molar-refractivity contribution in [3.05, 3.63) is 93.9 Å². The lowest BCUT2D eigenvalue weighted by Crippen LogP contribution is -2.12. The van der Waals surface area contributed by atoms with Crippen molar-refractivity contribution in [3.8, 4) is 5.75 Å². The van der Waals surface area contributed by atoms with Crippen LogP contribution >= 0.6 is 11.3 Å². The van der Waals surface area contributed by atoms with Gasteiger partial charge in [-0.2, -0.15) is 0 Å². The van der Waals surface area contributed by atoms with Gasteiger partial charge in [-0.3, -0.25) is 10.1 Å². The van der Waals surface area contributed by atoms with Gasteiger partial charge in [0, 0.05) is 5.56 Å². The Morgan fingerprint density at radius 3 is 2.79 bits per heavy atom. The summed E-state index contributed by atoms with van der Waals surface area (Å²) in [6.45, 7) is 3.04. The monoisotopic (exact) mass is 404 g/mol. The molecule has 0 unspecified atom stereocenters. The van der Waals surface area contributed by atoms with Crippen molar-refractivity contribution in [2.24, 2.45) is 0 Å². The number of carbonyl (C=O) groups is 1. The van der Waals surface area contributed by atoms with Crippen molar-refractivity contribution in [1.29, 1.82) is 0 Å². The van der Waals surface area contributed by atoms with E-state index in [-0.39, 0.29) is 11.9 Å². The van der Waals surface area contributed by atoms with Gasteiger partial charge < -0.3 is 4.74 Å². The van der Waals surface area contributed by atoms with Crippen LogP contribution in [0.3, 0.4) is 0 Å². The number of benzene rings is 2. The van der Waals surface area contributed by atoms with Crippen molar-refractivity contribution in [2.45, 2.75) is 20.1 Å². The molecule has 2 aromatic carbocycles. The highest BCUT2D eigenvalue weighted by atomic mass is 32.1. The van der Waals surface area contributed by atoms with Gasteiger partial charge in [0.2, 0.25) is 5.95 Å². The first kappa shape index (κ1) is 18.9. The van der Waals surface area contributed by atoms with Gasteiger partial charge in [0.15, 0.2) is 0 Å². The number of nitrogens with one attached hydrogen (secondary N) is 1. The van der Waals surface area contributed by atoms with Gasteiger partial charge in [0.1, 0.15) is 18.7 Å². The number of nitrogens with zero attached hydrogens (tertiary/aromatic N) is 3. The summed E-state index contributed by atoms with van der Waals surface area (Å²) in [5.74, 6) is 0.876. The molecule has 0 aliphatic heterocycles. The number of aromatic nitrogens is 3. The molecule has 2 heterocycles. The van der Waals surface area contributed by atoms with Crippen molar-refractivity contribution in [1.82, 2.24) is 14.8 Å². The molecule has 2 aromatic heterocycles. The van der Waals surface area contributed by atoms with E-state index >= 15 is 0 Å². The Balaban J connectivity index is 1.33. The fraction of sp³-hybridized carbons (Fsp3) is 0.136. The first-order valence-electron chi connectivity index (χ1n) is 9.17. The third-order valence-electron chi connectivity index (χ3n) is 4.22. The van der Waals surface area contributed by atoms with Gasteiger partial charge in [-0.05, 0) is 41.6 Å². The zero-order valence-electron chi connectivity index (χ0n) is 15.9. The van der Waals surface area contributed by atoms with Crippen LogP contribution in [0, 0.1) is 6.92 Å². The number of aryl methyl sites for hydroxylation is 1. The summed E-state index contributed by atoms with van der Waals surface area (Å²) < 4.78 is 7.49. The summed E-state index contributed by atoms with van der Waals surface area (Å²) in [6.07, 6.45) is 1.61. The summed E-state index contributed by atoms with van der Waals surface area (Å²) in [5, 5.41) is 8.98. The van der Waals surface area contributed by atoms with Gasteiger partial charge in [-0.15, -0.1) is 16.4 Å². The third-order valence-corrected chi connectivity index (χ3v) is 5.20. The standard InChI is InChI=1S/C22H20N4O2S/c1-16-6-5-9-19(10-16)28-13-18-11-20(29-14-18)21(27)24-22-23-15-26(25-22)12-17-7-3-2-4-8-17/h2-11,14-15H,12-13H2,1H3,(H,24,25,27). The third kappa shape index (κ3) is 5.08. The number of hydrogen-bond donors (Lipinski definition) is 1. The minimum atomic E-state index is -0.228. The average molecular weight is 404 g/mol. The lowest BCUT2D eigenvalue weighted by Gasteiger charge is -2.05. The molecule has 0 radical (unpaired) electrons. The number of amides is 1. The SMILES string of the molecule is Cc1cccc(OCc2csc(C(=O)Nc3ncn(Cc4ccccc4)n3)c2)c1. The summed E-state index contributed by atoms with van der Waals surface area (Å²) in [6, 6.07) is 19.7. The maximum absolute atomic E-state index is 12.5. The van der Waals surface area contributed by atoms with E-state index in [2.05, 4.69) is 15.4 Å². The predicted octanol–water partition coefficient (Wildman–Crippen LogP) is 4.53. The van der Waals surface area contributed by atoms with E-state index in [9.17, 15) is 4.79 Å². The van der Waals surface area contributed by atoms with E-state index in [0.29, 0.717) is 18.0 Å². The summed E-state index contributed by atoms with van der Waals surface area (Å²) >= 11 is 1.37. The lowest BCUT2D eigenvalue weighted by atomic mass is 10.2. The fourth-order valence-corrected chi connectivity index (χ4v) is 3.60. The van der Waals surface area contributed by atoms with E-state index in [1.807, 2.05) is 73.0 Å². The van der Waals surface area contributed by atoms with Gasteiger partial charge in [-0.1, -0.05) is 42.5 Å².